The number of hydrogen-bond acceptors (Lipinski definition) is 11. The van der Waals surface area contributed by atoms with Crippen molar-refractivity contribution in [1.82, 2.24) is 10.2 Å². The Morgan fingerprint density at radius 2 is 1.91 bits per heavy atom. The monoisotopic (exact) mass is 675 g/mol. The van der Waals surface area contributed by atoms with Crippen molar-refractivity contribution >= 4 is 76.0 Å². The number of rotatable bonds is 14. The predicted molar refractivity (Wildman–Crippen MR) is 178 cm³/mol. The SMILES string of the molecule is COc1ccc(COC(=O)C2=C(Sc3ccccc3CSC(=N)N)CS[C@@H]3[C@H](NC(=O)CSCCN=C(N)N)C(=O)N23)cc1. The highest BCUT2D eigenvalue weighted by Gasteiger charge is 2.54. The highest BCUT2D eigenvalue weighted by molar-refractivity contribution is 8.13. The maximum Gasteiger partial charge on any atom is 0.356 e. The van der Waals surface area contributed by atoms with Crippen LogP contribution in [0.5, 0.6) is 5.75 Å². The molecule has 44 heavy (non-hydrogen) atoms. The largest absolute Gasteiger partial charge is 0.497 e. The second-order valence-corrected chi connectivity index (χ2v) is 13.7. The normalized spacial score (nSPS) is 17.3. The highest BCUT2D eigenvalue weighted by atomic mass is 32.2. The van der Waals surface area contributed by atoms with Gasteiger partial charge in [0.05, 0.1) is 19.4 Å². The van der Waals surface area contributed by atoms with Crippen LogP contribution in [-0.2, 0) is 31.5 Å². The molecule has 4 rings (SSSR count). The second kappa shape index (κ2) is 16.0. The summed E-state index contributed by atoms with van der Waals surface area (Å²) in [6.07, 6.45) is 0. The number of guanidine groups is 1. The average molecular weight is 676 g/mol. The van der Waals surface area contributed by atoms with Crippen molar-refractivity contribution in [2.75, 3.05) is 30.9 Å². The molecule has 0 bridgehead atoms. The quantitative estimate of drug-likeness (QED) is 0.0645. The maximum absolute atomic E-state index is 13.6. The maximum atomic E-state index is 13.6. The number of amidine groups is 1. The number of methoxy groups -OCH3 is 1. The van der Waals surface area contributed by atoms with Crippen molar-refractivity contribution in [3.63, 3.8) is 0 Å². The van der Waals surface area contributed by atoms with Crippen LogP contribution in [-0.4, -0.2) is 76.1 Å². The molecule has 1 saturated heterocycles. The Kier molecular flexibility index (Phi) is 12.2. The number of carbonyl (C=O) groups excluding carboxylic acids is 3. The molecule has 2 aliphatic rings. The van der Waals surface area contributed by atoms with Gasteiger partial charge in [-0.05, 0) is 29.3 Å². The molecule has 0 unspecified atom stereocenters. The molecule has 0 saturated carbocycles. The lowest BCUT2D eigenvalue weighted by Crippen LogP contribution is -2.70. The van der Waals surface area contributed by atoms with Gasteiger partial charge in [-0.15, -0.1) is 11.8 Å². The zero-order valence-corrected chi connectivity index (χ0v) is 27.1. The molecule has 16 heteroatoms. The van der Waals surface area contributed by atoms with Crippen LogP contribution >= 0.6 is 47.0 Å². The van der Waals surface area contributed by atoms with Gasteiger partial charge < -0.3 is 32.0 Å². The topological polar surface area (TPSA) is 199 Å². The fourth-order valence-electron chi connectivity index (χ4n) is 4.23. The molecule has 0 aliphatic carbocycles. The molecule has 2 aliphatic heterocycles. The fourth-order valence-corrected chi connectivity index (χ4v) is 8.11. The van der Waals surface area contributed by atoms with E-state index in [1.54, 1.807) is 31.4 Å². The molecule has 0 aromatic heterocycles. The molecular formula is C28H33N7O5S4. The lowest BCUT2D eigenvalue weighted by Gasteiger charge is -2.49. The summed E-state index contributed by atoms with van der Waals surface area (Å²) in [5.41, 5.74) is 18.1. The number of nitrogens with one attached hydrogen (secondary N) is 2. The summed E-state index contributed by atoms with van der Waals surface area (Å²) in [6, 6.07) is 14.0. The first-order valence-electron chi connectivity index (χ1n) is 13.3. The van der Waals surface area contributed by atoms with Crippen LogP contribution in [0, 0.1) is 5.41 Å². The van der Waals surface area contributed by atoms with E-state index >= 15 is 0 Å². The minimum absolute atomic E-state index is 0.00713. The summed E-state index contributed by atoms with van der Waals surface area (Å²) >= 11 is 5.41. The Balaban J connectivity index is 1.51. The number of ether oxygens (including phenoxy) is 2. The first kappa shape index (κ1) is 33.4. The standard InChI is InChI=1S/C28H33N7O5S4/c1-39-18-8-6-16(7-9-18)12-40-26(38)23-20(44-19-5-3-2-4-17(19)13-43-28(31)32)14-42-25-22(24(37)35(23)25)34-21(36)15-41-11-10-33-27(29)30/h2-9,22,25H,10-15H2,1H3,(H3,31,32)(H,34,36)(H4,29,30,33)/t22-,25-/m1/s1. The van der Waals surface area contributed by atoms with Gasteiger partial charge in [0.15, 0.2) is 11.1 Å². The highest BCUT2D eigenvalue weighted by Crippen LogP contribution is 2.46. The number of hydrogen-bond donors (Lipinski definition) is 5. The van der Waals surface area contributed by atoms with Crippen molar-refractivity contribution < 1.29 is 23.9 Å². The minimum atomic E-state index is -0.763. The van der Waals surface area contributed by atoms with Gasteiger partial charge in [0, 0.05) is 27.1 Å². The van der Waals surface area contributed by atoms with E-state index < -0.39 is 17.4 Å². The third kappa shape index (κ3) is 8.80. The number of amides is 2. The molecule has 2 heterocycles. The summed E-state index contributed by atoms with van der Waals surface area (Å²) in [4.78, 5) is 46.5. The Morgan fingerprint density at radius 1 is 1.16 bits per heavy atom. The fraction of sp³-hybridized carbons (Fsp3) is 0.321. The molecule has 2 aromatic carbocycles. The van der Waals surface area contributed by atoms with E-state index in [0.29, 0.717) is 34.5 Å². The number of nitrogens with zero attached hydrogens (tertiary/aromatic N) is 2. The number of aliphatic imine (C=N–C) groups is 1. The molecule has 2 amide bonds. The van der Waals surface area contributed by atoms with Gasteiger partial charge in [0.1, 0.15) is 29.5 Å². The molecule has 2 atom stereocenters. The van der Waals surface area contributed by atoms with E-state index in [1.165, 1.54) is 51.9 Å². The van der Waals surface area contributed by atoms with Crippen LogP contribution < -0.4 is 27.3 Å². The van der Waals surface area contributed by atoms with Crippen LogP contribution in [0.3, 0.4) is 0 Å². The minimum Gasteiger partial charge on any atom is -0.497 e. The van der Waals surface area contributed by atoms with Crippen LogP contribution in [0.15, 0.2) is 69.0 Å². The van der Waals surface area contributed by atoms with Gasteiger partial charge in [-0.25, -0.2) is 4.79 Å². The van der Waals surface area contributed by atoms with E-state index in [1.807, 2.05) is 24.3 Å². The average Bonchev–Trinajstić information content (AvgIpc) is 3.01. The summed E-state index contributed by atoms with van der Waals surface area (Å²) in [6.45, 7) is 0.395. The molecule has 2 aromatic rings. The van der Waals surface area contributed by atoms with Crippen molar-refractivity contribution in [1.29, 1.82) is 5.41 Å². The van der Waals surface area contributed by atoms with E-state index in [2.05, 4.69) is 10.3 Å². The summed E-state index contributed by atoms with van der Waals surface area (Å²) < 4.78 is 10.9. The zero-order valence-electron chi connectivity index (χ0n) is 23.8. The molecule has 12 nitrogen and oxygen atoms in total. The van der Waals surface area contributed by atoms with Crippen LogP contribution in [0.4, 0.5) is 0 Å². The number of fused-ring (bicyclic) bond motifs is 1. The first-order chi connectivity index (χ1) is 21.2. The first-order valence-corrected chi connectivity index (χ1v) is 17.3. The molecule has 0 radical (unpaired) electrons. The van der Waals surface area contributed by atoms with Crippen molar-refractivity contribution in [3.8, 4) is 5.75 Å². The molecule has 0 spiro atoms. The number of esters is 1. The number of carbonyl (C=O) groups is 3. The number of β-lactam (4-membered cyclic amide) rings is 1. The lowest BCUT2D eigenvalue weighted by atomic mass is 10.1. The summed E-state index contributed by atoms with van der Waals surface area (Å²) in [5, 5.41) is 9.94. The molecule has 8 N–H and O–H groups in total. The molecular weight excluding hydrogens is 643 g/mol. The number of benzene rings is 2. The van der Waals surface area contributed by atoms with Gasteiger partial charge in [-0.2, -0.15) is 11.8 Å². The van der Waals surface area contributed by atoms with Gasteiger partial charge >= 0.3 is 5.97 Å². The smallest absolute Gasteiger partial charge is 0.356 e. The van der Waals surface area contributed by atoms with Gasteiger partial charge in [-0.1, -0.05) is 53.9 Å². The molecule has 1 fully saturated rings. The Labute approximate surface area is 272 Å². The zero-order chi connectivity index (χ0) is 31.6. The van der Waals surface area contributed by atoms with Gasteiger partial charge in [-0.3, -0.25) is 24.9 Å². The Morgan fingerprint density at radius 3 is 2.61 bits per heavy atom. The molecule has 234 valence electrons. The van der Waals surface area contributed by atoms with Crippen LogP contribution in [0.25, 0.3) is 0 Å². The van der Waals surface area contributed by atoms with Crippen molar-refractivity contribution in [2.24, 2.45) is 22.2 Å². The van der Waals surface area contributed by atoms with E-state index in [-0.39, 0.29) is 41.0 Å². The summed E-state index contributed by atoms with van der Waals surface area (Å²) in [7, 11) is 1.57. The van der Waals surface area contributed by atoms with E-state index in [9.17, 15) is 14.4 Å². The van der Waals surface area contributed by atoms with Crippen molar-refractivity contribution in [2.45, 2.75) is 28.7 Å². The van der Waals surface area contributed by atoms with E-state index in [4.69, 9.17) is 32.1 Å². The Bertz CT molecular complexity index is 1450. The van der Waals surface area contributed by atoms with Crippen molar-refractivity contribution in [3.05, 3.63) is 70.3 Å². The number of nitrogens with two attached hydrogens (primary N) is 3. The number of thioether (sulfide) groups is 4. The van der Waals surface area contributed by atoms with Gasteiger partial charge in [0.2, 0.25) is 5.91 Å². The summed E-state index contributed by atoms with van der Waals surface area (Å²) in [5.74, 6) is 0.988. The second-order valence-electron chi connectivity index (χ2n) is 9.37. The van der Waals surface area contributed by atoms with Gasteiger partial charge in [0.25, 0.3) is 5.91 Å². The third-order valence-electron chi connectivity index (χ3n) is 6.32. The van der Waals surface area contributed by atoms with Crippen LogP contribution in [0.1, 0.15) is 11.1 Å². The van der Waals surface area contributed by atoms with Crippen LogP contribution in [0.2, 0.25) is 0 Å². The lowest BCUT2D eigenvalue weighted by molar-refractivity contribution is -0.153. The third-order valence-corrected chi connectivity index (χ3v) is 10.7. The predicted octanol–water partition coefficient (Wildman–Crippen LogP) is 2.28. The Hall–Kier alpha value is -3.47. The van der Waals surface area contributed by atoms with E-state index in [0.717, 1.165) is 16.0 Å².